The molecule has 0 aromatic carbocycles. The van der Waals surface area contributed by atoms with Crippen molar-refractivity contribution in [1.29, 1.82) is 0 Å². The molecule has 2 aliphatic heterocycles. The van der Waals surface area contributed by atoms with Gasteiger partial charge < -0.3 is 20.1 Å². The van der Waals surface area contributed by atoms with Crippen molar-refractivity contribution >= 4 is 5.91 Å². The highest BCUT2D eigenvalue weighted by Gasteiger charge is 2.19. The molecule has 6 nitrogen and oxygen atoms in total. The summed E-state index contributed by atoms with van der Waals surface area (Å²) in [5.41, 5.74) is 5.42. The molecule has 0 saturated carbocycles. The van der Waals surface area contributed by atoms with Crippen molar-refractivity contribution in [3.8, 4) is 0 Å². The highest BCUT2D eigenvalue weighted by Crippen LogP contribution is 2.15. The number of hydrogen-bond donors (Lipinski definition) is 1. The van der Waals surface area contributed by atoms with Crippen LogP contribution in [0.15, 0.2) is 0 Å². The summed E-state index contributed by atoms with van der Waals surface area (Å²) in [7, 11) is 0. The molecule has 6 heteroatoms. The Kier molecular flexibility index (Phi) is 12.0. The zero-order valence-corrected chi connectivity index (χ0v) is 17.2. The normalized spacial score (nSPS) is 21.5. The van der Waals surface area contributed by atoms with Gasteiger partial charge in [0.25, 0.3) is 0 Å². The Bertz CT molecular complexity index is 381. The lowest BCUT2D eigenvalue weighted by Crippen LogP contribution is -2.50. The molecule has 1 unspecified atom stereocenters. The van der Waals surface area contributed by atoms with E-state index in [9.17, 15) is 4.79 Å². The Balaban J connectivity index is 1.31. The van der Waals surface area contributed by atoms with E-state index in [1.165, 1.54) is 70.8 Å². The lowest BCUT2D eigenvalue weighted by Gasteiger charge is -2.34. The Morgan fingerprint density at radius 3 is 2.22 bits per heavy atom. The van der Waals surface area contributed by atoms with Crippen molar-refractivity contribution in [3.63, 3.8) is 0 Å². The van der Waals surface area contributed by atoms with Gasteiger partial charge in [-0.2, -0.15) is 0 Å². The molecule has 2 saturated heterocycles. The van der Waals surface area contributed by atoms with Gasteiger partial charge >= 0.3 is 0 Å². The molecule has 0 aliphatic carbocycles. The van der Waals surface area contributed by atoms with Gasteiger partial charge in [-0.25, -0.2) is 0 Å². The Morgan fingerprint density at radius 2 is 1.59 bits per heavy atom. The zero-order chi connectivity index (χ0) is 19.2. The van der Waals surface area contributed by atoms with Crippen LogP contribution in [-0.2, 0) is 14.3 Å². The van der Waals surface area contributed by atoms with E-state index >= 15 is 0 Å². The Labute approximate surface area is 165 Å². The van der Waals surface area contributed by atoms with Gasteiger partial charge in [-0.15, -0.1) is 0 Å². The molecule has 158 valence electrons. The Hall–Kier alpha value is -0.690. The summed E-state index contributed by atoms with van der Waals surface area (Å²) in [6.07, 6.45) is 14.0. The van der Waals surface area contributed by atoms with E-state index in [-0.39, 0.29) is 18.7 Å². The standard InChI is InChI=1S/C21H41N3O3/c22-19-20(25)24-15-13-23(14-16-24)12-8-5-3-1-2-4-6-9-17-26-21-11-7-10-18-27-21/h21H,1-19,22H2. The number of hydrogen-bond acceptors (Lipinski definition) is 5. The van der Waals surface area contributed by atoms with Crippen LogP contribution in [0.25, 0.3) is 0 Å². The van der Waals surface area contributed by atoms with Crippen molar-refractivity contribution in [2.24, 2.45) is 5.73 Å². The number of piperazine rings is 1. The summed E-state index contributed by atoms with van der Waals surface area (Å²) in [5, 5.41) is 0. The van der Waals surface area contributed by atoms with Crippen LogP contribution >= 0.6 is 0 Å². The third-order valence-electron chi connectivity index (χ3n) is 5.71. The maximum atomic E-state index is 11.6. The van der Waals surface area contributed by atoms with Crippen LogP contribution in [0.3, 0.4) is 0 Å². The topological polar surface area (TPSA) is 68.0 Å². The molecule has 0 radical (unpaired) electrons. The third-order valence-corrected chi connectivity index (χ3v) is 5.71. The minimum absolute atomic E-state index is 0.0721. The molecule has 2 rings (SSSR count). The van der Waals surface area contributed by atoms with Gasteiger partial charge in [0.2, 0.25) is 5.91 Å². The van der Waals surface area contributed by atoms with E-state index in [0.29, 0.717) is 0 Å². The quantitative estimate of drug-likeness (QED) is 0.495. The molecule has 0 bridgehead atoms. The fourth-order valence-electron chi connectivity index (χ4n) is 3.91. The number of nitrogens with two attached hydrogens (primary N) is 1. The molecule has 0 aromatic rings. The second-order valence-corrected chi connectivity index (χ2v) is 7.92. The van der Waals surface area contributed by atoms with Crippen molar-refractivity contribution in [1.82, 2.24) is 9.80 Å². The summed E-state index contributed by atoms with van der Waals surface area (Å²) in [6, 6.07) is 0. The number of unbranched alkanes of at least 4 members (excludes halogenated alkanes) is 7. The van der Waals surface area contributed by atoms with Crippen LogP contribution in [0.4, 0.5) is 0 Å². The second kappa shape index (κ2) is 14.3. The average molecular weight is 384 g/mol. The number of ether oxygens (including phenoxy) is 2. The largest absolute Gasteiger partial charge is 0.353 e. The lowest BCUT2D eigenvalue weighted by atomic mass is 10.1. The van der Waals surface area contributed by atoms with Gasteiger partial charge in [0.1, 0.15) is 0 Å². The molecular formula is C21H41N3O3. The van der Waals surface area contributed by atoms with E-state index in [1.807, 2.05) is 4.90 Å². The predicted octanol–water partition coefficient (Wildman–Crippen LogP) is 2.75. The van der Waals surface area contributed by atoms with E-state index in [2.05, 4.69) is 4.90 Å². The van der Waals surface area contributed by atoms with Crippen LogP contribution in [0.2, 0.25) is 0 Å². The van der Waals surface area contributed by atoms with Crippen molar-refractivity contribution in [3.05, 3.63) is 0 Å². The van der Waals surface area contributed by atoms with Gasteiger partial charge in [-0.1, -0.05) is 38.5 Å². The fraction of sp³-hybridized carbons (Fsp3) is 0.952. The molecule has 1 atom stereocenters. The molecular weight excluding hydrogens is 342 g/mol. The molecule has 2 heterocycles. The molecule has 27 heavy (non-hydrogen) atoms. The third kappa shape index (κ3) is 9.88. The highest BCUT2D eigenvalue weighted by molar-refractivity contribution is 5.78. The highest BCUT2D eigenvalue weighted by atomic mass is 16.7. The first kappa shape index (κ1) is 22.6. The SMILES string of the molecule is NCC(=O)N1CCN(CCCCCCCCCCOC2CCCCO2)CC1. The zero-order valence-electron chi connectivity index (χ0n) is 17.2. The molecule has 0 aromatic heterocycles. The van der Waals surface area contributed by atoms with Crippen LogP contribution in [0, 0.1) is 0 Å². The maximum absolute atomic E-state index is 11.6. The summed E-state index contributed by atoms with van der Waals surface area (Å²) < 4.78 is 11.3. The molecule has 2 N–H and O–H groups in total. The van der Waals surface area contributed by atoms with E-state index in [4.69, 9.17) is 15.2 Å². The van der Waals surface area contributed by atoms with E-state index < -0.39 is 0 Å². The summed E-state index contributed by atoms with van der Waals surface area (Å²) in [4.78, 5) is 15.9. The van der Waals surface area contributed by atoms with Gasteiger partial charge in [0.05, 0.1) is 6.54 Å². The lowest BCUT2D eigenvalue weighted by molar-refractivity contribution is -0.162. The molecule has 2 fully saturated rings. The van der Waals surface area contributed by atoms with Crippen molar-refractivity contribution in [2.75, 3.05) is 52.5 Å². The molecule has 1 amide bonds. The van der Waals surface area contributed by atoms with E-state index in [1.54, 1.807) is 0 Å². The van der Waals surface area contributed by atoms with Gasteiger partial charge in [0.15, 0.2) is 6.29 Å². The molecule has 2 aliphatic rings. The first-order valence-corrected chi connectivity index (χ1v) is 11.2. The van der Waals surface area contributed by atoms with Crippen LogP contribution in [0.1, 0.15) is 70.6 Å². The monoisotopic (exact) mass is 383 g/mol. The summed E-state index contributed by atoms with van der Waals surface area (Å²) >= 11 is 0. The van der Waals surface area contributed by atoms with Crippen molar-refractivity contribution < 1.29 is 14.3 Å². The number of carbonyl (C=O) groups excluding carboxylic acids is 1. The fourth-order valence-corrected chi connectivity index (χ4v) is 3.91. The van der Waals surface area contributed by atoms with Crippen LogP contribution in [0.5, 0.6) is 0 Å². The average Bonchev–Trinajstić information content (AvgIpc) is 2.72. The number of rotatable bonds is 13. The van der Waals surface area contributed by atoms with Crippen LogP contribution in [-0.4, -0.2) is 74.5 Å². The smallest absolute Gasteiger partial charge is 0.236 e. The predicted molar refractivity (Wildman–Crippen MR) is 109 cm³/mol. The van der Waals surface area contributed by atoms with Gasteiger partial charge in [-0.05, 0) is 38.6 Å². The minimum atomic E-state index is 0.0721. The van der Waals surface area contributed by atoms with Gasteiger partial charge in [-0.3, -0.25) is 9.69 Å². The minimum Gasteiger partial charge on any atom is -0.353 e. The van der Waals surface area contributed by atoms with Crippen LogP contribution < -0.4 is 5.73 Å². The van der Waals surface area contributed by atoms with Crippen molar-refractivity contribution in [2.45, 2.75) is 76.9 Å². The Morgan fingerprint density at radius 1 is 0.926 bits per heavy atom. The number of nitrogens with zero attached hydrogens (tertiary/aromatic N) is 2. The maximum Gasteiger partial charge on any atom is 0.236 e. The van der Waals surface area contributed by atoms with E-state index in [0.717, 1.165) is 45.8 Å². The number of carbonyl (C=O) groups is 1. The number of amides is 1. The first-order valence-electron chi connectivity index (χ1n) is 11.2. The summed E-state index contributed by atoms with van der Waals surface area (Å²) in [5.74, 6) is 0.0866. The first-order chi connectivity index (χ1) is 13.3. The molecule has 0 spiro atoms. The van der Waals surface area contributed by atoms with Gasteiger partial charge in [0, 0.05) is 39.4 Å². The summed E-state index contributed by atoms with van der Waals surface area (Å²) in [6.45, 7) is 6.72. The second-order valence-electron chi connectivity index (χ2n) is 7.92.